The number of nitrogens with zero attached hydrogens (tertiary/aromatic N) is 3. The molecule has 1 saturated heterocycles. The minimum absolute atomic E-state index is 0.133. The summed E-state index contributed by atoms with van der Waals surface area (Å²) in [6.07, 6.45) is 4.71. The highest BCUT2D eigenvalue weighted by Gasteiger charge is 2.42. The van der Waals surface area contributed by atoms with Crippen molar-refractivity contribution >= 4 is 40.3 Å². The quantitative estimate of drug-likeness (QED) is 0.420. The SMILES string of the molecule is CC(=O)NCCC(c1ccc(Cl)cc1)N(C(=O)C1(N)CCNCC1)c1ncnc2[nH]ccc12. The Hall–Kier alpha value is -3.01. The lowest BCUT2D eigenvalue weighted by atomic mass is 9.86. The van der Waals surface area contributed by atoms with E-state index in [0.717, 1.165) is 10.9 Å². The van der Waals surface area contributed by atoms with E-state index in [1.807, 2.05) is 18.2 Å². The summed E-state index contributed by atoms with van der Waals surface area (Å²) in [5, 5.41) is 7.43. The number of hydrogen-bond acceptors (Lipinski definition) is 6. The number of H-pyrrole nitrogens is 1. The molecule has 0 bridgehead atoms. The first kappa shape index (κ1) is 23.2. The molecule has 1 aromatic carbocycles. The lowest BCUT2D eigenvalue weighted by Gasteiger charge is -2.40. The van der Waals surface area contributed by atoms with Crippen LogP contribution in [0.4, 0.5) is 5.82 Å². The minimum atomic E-state index is -1.03. The molecule has 33 heavy (non-hydrogen) atoms. The lowest BCUT2D eigenvalue weighted by molar-refractivity contribution is -0.125. The van der Waals surface area contributed by atoms with Crippen molar-refractivity contribution in [3.05, 3.63) is 53.4 Å². The Labute approximate surface area is 197 Å². The Balaban J connectivity index is 1.83. The van der Waals surface area contributed by atoms with Crippen LogP contribution in [0.3, 0.4) is 0 Å². The van der Waals surface area contributed by atoms with Crippen molar-refractivity contribution in [1.29, 1.82) is 0 Å². The van der Waals surface area contributed by atoms with Gasteiger partial charge in [0.15, 0.2) is 0 Å². The largest absolute Gasteiger partial charge is 0.356 e. The number of nitrogens with two attached hydrogens (primary N) is 1. The van der Waals surface area contributed by atoms with Crippen molar-refractivity contribution in [2.45, 2.75) is 37.8 Å². The van der Waals surface area contributed by atoms with Gasteiger partial charge in [0.2, 0.25) is 11.8 Å². The third kappa shape index (κ3) is 5.00. The van der Waals surface area contributed by atoms with Gasteiger partial charge in [-0.3, -0.25) is 14.5 Å². The number of benzene rings is 1. The average Bonchev–Trinajstić information content (AvgIpc) is 3.29. The average molecular weight is 470 g/mol. The summed E-state index contributed by atoms with van der Waals surface area (Å²) >= 11 is 6.14. The van der Waals surface area contributed by atoms with Gasteiger partial charge in [-0.05, 0) is 56.1 Å². The summed E-state index contributed by atoms with van der Waals surface area (Å²) < 4.78 is 0. The molecular weight excluding hydrogens is 442 g/mol. The highest BCUT2D eigenvalue weighted by atomic mass is 35.5. The summed E-state index contributed by atoms with van der Waals surface area (Å²) in [4.78, 5) is 39.3. The number of halogens is 1. The van der Waals surface area contributed by atoms with E-state index in [0.29, 0.717) is 55.4 Å². The number of carbonyl (C=O) groups is 2. The maximum absolute atomic E-state index is 14.2. The molecule has 1 fully saturated rings. The molecule has 3 aromatic rings. The second-order valence-electron chi connectivity index (χ2n) is 8.36. The van der Waals surface area contributed by atoms with Gasteiger partial charge in [-0.25, -0.2) is 9.97 Å². The van der Waals surface area contributed by atoms with Crippen molar-refractivity contribution in [2.24, 2.45) is 5.73 Å². The molecule has 0 radical (unpaired) electrons. The summed E-state index contributed by atoms with van der Waals surface area (Å²) in [6, 6.07) is 8.79. The Morgan fingerprint density at radius 2 is 1.94 bits per heavy atom. The molecule has 1 aliphatic heterocycles. The Morgan fingerprint density at radius 3 is 2.64 bits per heavy atom. The second-order valence-corrected chi connectivity index (χ2v) is 8.79. The predicted molar refractivity (Wildman–Crippen MR) is 128 cm³/mol. The van der Waals surface area contributed by atoms with Gasteiger partial charge in [-0.1, -0.05) is 23.7 Å². The van der Waals surface area contributed by atoms with E-state index < -0.39 is 11.6 Å². The topological polar surface area (TPSA) is 129 Å². The maximum atomic E-state index is 14.2. The van der Waals surface area contributed by atoms with Gasteiger partial charge in [0.1, 0.15) is 17.8 Å². The van der Waals surface area contributed by atoms with Crippen LogP contribution in [-0.4, -0.2) is 51.9 Å². The first-order valence-corrected chi connectivity index (χ1v) is 11.4. The van der Waals surface area contributed by atoms with Crippen LogP contribution in [0.5, 0.6) is 0 Å². The van der Waals surface area contributed by atoms with Gasteiger partial charge in [-0.2, -0.15) is 0 Å². The highest BCUT2D eigenvalue weighted by molar-refractivity contribution is 6.30. The highest BCUT2D eigenvalue weighted by Crippen LogP contribution is 2.36. The Bertz CT molecular complexity index is 1130. The number of aromatic amines is 1. The molecule has 10 heteroatoms. The number of carbonyl (C=O) groups excluding carboxylic acids is 2. The summed E-state index contributed by atoms with van der Waals surface area (Å²) in [5.74, 6) is 0.150. The zero-order valence-electron chi connectivity index (χ0n) is 18.5. The molecule has 4 rings (SSSR count). The Kier molecular flexibility index (Phi) is 6.92. The third-order valence-corrected chi connectivity index (χ3v) is 6.31. The van der Waals surface area contributed by atoms with Crippen LogP contribution >= 0.6 is 11.6 Å². The van der Waals surface area contributed by atoms with E-state index in [2.05, 4.69) is 25.6 Å². The standard InChI is InChI=1S/C23H28ClN7O2/c1-15(32)27-11-7-19(16-2-4-17(24)5-3-16)31(22(33)23(25)8-12-26-13-9-23)21-18-6-10-28-20(18)29-14-30-21/h2-6,10,14,19,26H,7-9,11-13,25H2,1H3,(H,27,32)(H,28,29,30). The lowest BCUT2D eigenvalue weighted by Crippen LogP contribution is -2.60. The van der Waals surface area contributed by atoms with Crippen LogP contribution in [0, 0.1) is 0 Å². The van der Waals surface area contributed by atoms with Crippen molar-refractivity contribution in [1.82, 2.24) is 25.6 Å². The van der Waals surface area contributed by atoms with Gasteiger partial charge >= 0.3 is 0 Å². The maximum Gasteiger partial charge on any atom is 0.248 e. The second kappa shape index (κ2) is 9.86. The number of aromatic nitrogens is 3. The first-order chi connectivity index (χ1) is 15.9. The fourth-order valence-corrected chi connectivity index (χ4v) is 4.40. The Morgan fingerprint density at radius 1 is 1.21 bits per heavy atom. The molecule has 2 amide bonds. The van der Waals surface area contributed by atoms with E-state index in [1.54, 1.807) is 23.2 Å². The van der Waals surface area contributed by atoms with Gasteiger partial charge in [0.05, 0.1) is 17.0 Å². The molecule has 1 unspecified atom stereocenters. The zero-order valence-corrected chi connectivity index (χ0v) is 19.2. The number of hydrogen-bond donors (Lipinski definition) is 4. The van der Waals surface area contributed by atoms with Crippen LogP contribution in [0.25, 0.3) is 11.0 Å². The smallest absolute Gasteiger partial charge is 0.248 e. The molecule has 2 aromatic heterocycles. The molecular formula is C23H28ClN7O2. The molecule has 1 atom stereocenters. The molecule has 174 valence electrons. The number of rotatable bonds is 7. The summed E-state index contributed by atoms with van der Waals surface area (Å²) in [6.45, 7) is 3.18. The van der Waals surface area contributed by atoms with Gasteiger partial charge in [0, 0.05) is 24.7 Å². The predicted octanol–water partition coefficient (Wildman–Crippen LogP) is 2.29. The molecule has 5 N–H and O–H groups in total. The van der Waals surface area contributed by atoms with Crippen molar-refractivity contribution in [2.75, 3.05) is 24.5 Å². The third-order valence-electron chi connectivity index (χ3n) is 6.06. The molecule has 1 aliphatic rings. The fourth-order valence-electron chi connectivity index (χ4n) is 4.28. The van der Waals surface area contributed by atoms with Gasteiger partial charge in [-0.15, -0.1) is 0 Å². The number of nitrogens with one attached hydrogen (secondary N) is 3. The molecule has 0 aliphatic carbocycles. The minimum Gasteiger partial charge on any atom is -0.356 e. The van der Waals surface area contributed by atoms with Crippen molar-refractivity contribution in [3.8, 4) is 0 Å². The normalized spacial score (nSPS) is 16.3. The van der Waals surface area contributed by atoms with Crippen molar-refractivity contribution < 1.29 is 9.59 Å². The summed E-state index contributed by atoms with van der Waals surface area (Å²) in [7, 11) is 0. The molecule has 9 nitrogen and oxygen atoms in total. The van der Waals surface area contributed by atoms with Crippen molar-refractivity contribution in [3.63, 3.8) is 0 Å². The molecule has 0 saturated carbocycles. The van der Waals surface area contributed by atoms with Crippen LogP contribution < -0.4 is 21.3 Å². The summed E-state index contributed by atoms with van der Waals surface area (Å²) in [5.41, 5.74) is 7.18. The van der Waals surface area contributed by atoms with E-state index in [9.17, 15) is 9.59 Å². The van der Waals surface area contributed by atoms with E-state index in [-0.39, 0.29) is 11.8 Å². The molecule has 0 spiro atoms. The van der Waals surface area contributed by atoms with Gasteiger partial charge in [0.25, 0.3) is 0 Å². The zero-order chi connectivity index (χ0) is 23.4. The first-order valence-electron chi connectivity index (χ1n) is 11.0. The number of piperidine rings is 1. The fraction of sp³-hybridized carbons (Fsp3) is 0.391. The monoisotopic (exact) mass is 469 g/mol. The van der Waals surface area contributed by atoms with Gasteiger partial charge < -0.3 is 21.4 Å². The van der Waals surface area contributed by atoms with Crippen LogP contribution in [0.15, 0.2) is 42.9 Å². The van der Waals surface area contributed by atoms with Crippen LogP contribution in [-0.2, 0) is 9.59 Å². The number of fused-ring (bicyclic) bond motifs is 1. The molecule has 3 heterocycles. The number of amides is 2. The van der Waals surface area contributed by atoms with E-state index in [4.69, 9.17) is 17.3 Å². The van der Waals surface area contributed by atoms with E-state index in [1.165, 1.54) is 13.3 Å². The van der Waals surface area contributed by atoms with Crippen LogP contribution in [0.1, 0.15) is 37.8 Å². The van der Waals surface area contributed by atoms with E-state index >= 15 is 0 Å². The number of anilines is 1. The van der Waals surface area contributed by atoms with Crippen LogP contribution in [0.2, 0.25) is 5.02 Å².